The van der Waals surface area contributed by atoms with Gasteiger partial charge in [-0.15, -0.1) is 0 Å². The second-order valence-electron chi connectivity index (χ2n) is 7.18. The van der Waals surface area contributed by atoms with Gasteiger partial charge in [0.1, 0.15) is 12.1 Å². The molecule has 1 amide bonds. The molecule has 6 heteroatoms. The number of nitrogens with zero attached hydrogens (tertiary/aromatic N) is 1. The summed E-state index contributed by atoms with van der Waals surface area (Å²) in [6.07, 6.45) is 9.83. The average Bonchev–Trinajstić information content (AvgIpc) is 3.21. The van der Waals surface area contributed by atoms with Gasteiger partial charge in [-0.2, -0.15) is 0 Å². The zero-order valence-electron chi connectivity index (χ0n) is 15.6. The van der Waals surface area contributed by atoms with E-state index in [0.29, 0.717) is 37.8 Å². The number of rotatable bonds is 10. The number of ether oxygens (including phenoxy) is 1. The normalized spacial score (nSPS) is 23.6. The third kappa shape index (κ3) is 5.51. The van der Waals surface area contributed by atoms with E-state index in [1.54, 1.807) is 11.1 Å². The Kier molecular flexibility index (Phi) is 8.01. The molecule has 1 saturated carbocycles. The number of hydrogen-bond donors (Lipinski definition) is 0. The fourth-order valence-electron chi connectivity index (χ4n) is 3.96. The van der Waals surface area contributed by atoms with Crippen LogP contribution < -0.4 is 0 Å². The van der Waals surface area contributed by atoms with E-state index in [9.17, 15) is 19.2 Å². The zero-order valence-corrected chi connectivity index (χ0v) is 15.6. The SMILES string of the molecule is COC(=O)CCCCCCC1C(=O)CCC1C(C=O)=CN1CCCC1=O. The standard InChI is InChI=1S/C20H29NO5/c1-26-20(25)9-5-3-2-4-7-17-16(10-11-18(17)23)15(14-22)13-21-12-6-8-19(21)24/h13-14,16-17H,2-12H2,1H3. The molecule has 0 N–H and O–H groups in total. The molecule has 0 bridgehead atoms. The maximum Gasteiger partial charge on any atom is 0.305 e. The highest BCUT2D eigenvalue weighted by atomic mass is 16.5. The number of ketones is 1. The van der Waals surface area contributed by atoms with Crippen molar-refractivity contribution in [2.24, 2.45) is 11.8 Å². The Morgan fingerprint density at radius 2 is 1.96 bits per heavy atom. The lowest BCUT2D eigenvalue weighted by Gasteiger charge is -2.20. The molecule has 1 saturated heterocycles. The van der Waals surface area contributed by atoms with E-state index >= 15 is 0 Å². The van der Waals surface area contributed by atoms with E-state index in [1.807, 2.05) is 0 Å². The van der Waals surface area contributed by atoms with Gasteiger partial charge < -0.3 is 9.64 Å². The van der Waals surface area contributed by atoms with Gasteiger partial charge in [-0.25, -0.2) is 0 Å². The van der Waals surface area contributed by atoms with Crippen LogP contribution in [0.5, 0.6) is 0 Å². The van der Waals surface area contributed by atoms with Crippen molar-refractivity contribution in [3.8, 4) is 0 Å². The number of likely N-dealkylation sites (tertiary alicyclic amines) is 1. The summed E-state index contributed by atoms with van der Waals surface area (Å²) in [5.41, 5.74) is 0.585. The Labute approximate surface area is 154 Å². The number of hydrogen-bond acceptors (Lipinski definition) is 5. The number of esters is 1. The van der Waals surface area contributed by atoms with Crippen molar-refractivity contribution in [3.05, 3.63) is 11.8 Å². The molecule has 2 rings (SSSR count). The van der Waals surface area contributed by atoms with E-state index in [0.717, 1.165) is 44.8 Å². The molecular weight excluding hydrogens is 334 g/mol. The van der Waals surface area contributed by atoms with Crippen molar-refractivity contribution in [1.29, 1.82) is 0 Å². The monoisotopic (exact) mass is 363 g/mol. The predicted octanol–water partition coefficient (Wildman–Crippen LogP) is 2.80. The number of allylic oxidation sites excluding steroid dienone is 1. The summed E-state index contributed by atoms with van der Waals surface area (Å²) in [7, 11) is 1.39. The molecule has 0 spiro atoms. The van der Waals surface area contributed by atoms with Crippen LogP contribution in [0.15, 0.2) is 11.8 Å². The molecule has 2 atom stereocenters. The molecule has 26 heavy (non-hydrogen) atoms. The molecule has 2 unspecified atom stereocenters. The molecule has 1 aliphatic carbocycles. The average molecular weight is 363 g/mol. The lowest BCUT2D eigenvalue weighted by atomic mass is 9.85. The number of carbonyl (C=O) groups excluding carboxylic acids is 4. The van der Waals surface area contributed by atoms with Crippen molar-refractivity contribution in [2.75, 3.05) is 13.7 Å². The fourth-order valence-corrected chi connectivity index (χ4v) is 3.96. The third-order valence-corrected chi connectivity index (χ3v) is 5.45. The number of Topliss-reactive ketones (excluding diaryl/α,β-unsaturated/α-hetero) is 1. The minimum atomic E-state index is -0.187. The second kappa shape index (κ2) is 10.2. The van der Waals surface area contributed by atoms with Gasteiger partial charge in [-0.05, 0) is 31.6 Å². The molecule has 0 aromatic heterocycles. The van der Waals surface area contributed by atoms with Gasteiger partial charge in [0, 0.05) is 43.5 Å². The van der Waals surface area contributed by atoms with Crippen molar-refractivity contribution >= 4 is 23.9 Å². The summed E-state index contributed by atoms with van der Waals surface area (Å²) in [5.74, 6) is -0.0950. The van der Waals surface area contributed by atoms with Gasteiger partial charge >= 0.3 is 5.97 Å². The largest absolute Gasteiger partial charge is 0.469 e. The van der Waals surface area contributed by atoms with Crippen molar-refractivity contribution in [2.45, 2.75) is 64.2 Å². The van der Waals surface area contributed by atoms with E-state index in [4.69, 9.17) is 0 Å². The van der Waals surface area contributed by atoms with Crippen LogP contribution in [-0.2, 0) is 23.9 Å². The lowest BCUT2D eigenvalue weighted by Crippen LogP contribution is -2.23. The van der Waals surface area contributed by atoms with Crippen LogP contribution in [0.2, 0.25) is 0 Å². The summed E-state index contributed by atoms with van der Waals surface area (Å²) in [5, 5.41) is 0. The smallest absolute Gasteiger partial charge is 0.305 e. The maximum absolute atomic E-state index is 12.3. The molecule has 0 aromatic rings. The van der Waals surface area contributed by atoms with Gasteiger partial charge in [-0.3, -0.25) is 19.2 Å². The predicted molar refractivity (Wildman–Crippen MR) is 96.0 cm³/mol. The Bertz CT molecular complexity index is 569. The molecule has 2 aliphatic rings. The Morgan fingerprint density at radius 1 is 1.19 bits per heavy atom. The van der Waals surface area contributed by atoms with Crippen molar-refractivity contribution in [3.63, 3.8) is 0 Å². The Hall–Kier alpha value is -1.98. The molecule has 0 aromatic carbocycles. The first-order chi connectivity index (χ1) is 12.6. The minimum Gasteiger partial charge on any atom is -0.469 e. The summed E-state index contributed by atoms with van der Waals surface area (Å²) < 4.78 is 4.62. The van der Waals surface area contributed by atoms with E-state index in [1.165, 1.54) is 7.11 Å². The first kappa shape index (κ1) is 20.3. The number of carbonyl (C=O) groups is 4. The summed E-state index contributed by atoms with van der Waals surface area (Å²) in [6.45, 7) is 0.654. The fraction of sp³-hybridized carbons (Fsp3) is 0.700. The molecule has 144 valence electrons. The zero-order chi connectivity index (χ0) is 18.9. The molecule has 1 aliphatic heterocycles. The summed E-state index contributed by atoms with van der Waals surface area (Å²) >= 11 is 0. The van der Waals surface area contributed by atoms with E-state index < -0.39 is 0 Å². The maximum atomic E-state index is 12.3. The van der Waals surface area contributed by atoms with E-state index in [-0.39, 0.29) is 29.5 Å². The highest BCUT2D eigenvalue weighted by Crippen LogP contribution is 2.37. The van der Waals surface area contributed by atoms with Crippen LogP contribution >= 0.6 is 0 Å². The number of aldehydes is 1. The van der Waals surface area contributed by atoms with Crippen LogP contribution in [0, 0.1) is 11.8 Å². The highest BCUT2D eigenvalue weighted by Gasteiger charge is 2.36. The van der Waals surface area contributed by atoms with Crippen LogP contribution in [0.3, 0.4) is 0 Å². The van der Waals surface area contributed by atoms with Gasteiger partial charge in [0.25, 0.3) is 0 Å². The summed E-state index contributed by atoms with van der Waals surface area (Å²) in [4.78, 5) is 48.3. The molecule has 0 radical (unpaired) electrons. The molecule has 6 nitrogen and oxygen atoms in total. The topological polar surface area (TPSA) is 80.8 Å². The first-order valence-electron chi connectivity index (χ1n) is 9.62. The minimum absolute atomic E-state index is 0.0517. The quantitative estimate of drug-likeness (QED) is 0.258. The van der Waals surface area contributed by atoms with Crippen LogP contribution in [-0.4, -0.2) is 42.5 Å². The van der Waals surface area contributed by atoms with Gasteiger partial charge in [0.2, 0.25) is 5.91 Å². The highest BCUT2D eigenvalue weighted by molar-refractivity contribution is 5.87. The van der Waals surface area contributed by atoms with Crippen molar-refractivity contribution < 1.29 is 23.9 Å². The number of unbranched alkanes of at least 4 members (excludes halogenated alkanes) is 3. The molecule has 2 fully saturated rings. The van der Waals surface area contributed by atoms with Crippen LogP contribution in [0.4, 0.5) is 0 Å². The first-order valence-corrected chi connectivity index (χ1v) is 9.62. The van der Waals surface area contributed by atoms with Gasteiger partial charge in [0.15, 0.2) is 0 Å². The second-order valence-corrected chi connectivity index (χ2v) is 7.18. The number of methoxy groups -OCH3 is 1. The molecular formula is C20H29NO5. The summed E-state index contributed by atoms with van der Waals surface area (Å²) in [6, 6.07) is 0. The Balaban J connectivity index is 1.84. The van der Waals surface area contributed by atoms with Crippen LogP contribution in [0.25, 0.3) is 0 Å². The number of amides is 1. The van der Waals surface area contributed by atoms with Gasteiger partial charge in [0.05, 0.1) is 7.11 Å². The lowest BCUT2D eigenvalue weighted by molar-refractivity contribution is -0.140. The van der Waals surface area contributed by atoms with Gasteiger partial charge in [-0.1, -0.05) is 19.3 Å². The molecule has 1 heterocycles. The third-order valence-electron chi connectivity index (χ3n) is 5.45. The van der Waals surface area contributed by atoms with Crippen molar-refractivity contribution in [1.82, 2.24) is 4.90 Å². The van der Waals surface area contributed by atoms with E-state index in [2.05, 4.69) is 4.74 Å². The van der Waals surface area contributed by atoms with Crippen LogP contribution in [0.1, 0.15) is 64.2 Å². The Morgan fingerprint density at radius 3 is 2.62 bits per heavy atom.